The summed E-state index contributed by atoms with van der Waals surface area (Å²) in [6.45, 7) is 1.37. The predicted octanol–water partition coefficient (Wildman–Crippen LogP) is 2.01. The first-order valence-electron chi connectivity index (χ1n) is 6.74. The average Bonchev–Trinajstić information content (AvgIpc) is 2.48. The van der Waals surface area contributed by atoms with Crippen molar-refractivity contribution in [3.8, 4) is 5.75 Å². The van der Waals surface area contributed by atoms with Gasteiger partial charge in [-0.05, 0) is 37.1 Å². The van der Waals surface area contributed by atoms with E-state index >= 15 is 0 Å². The maximum absolute atomic E-state index is 11.6. The van der Waals surface area contributed by atoms with Crippen molar-refractivity contribution < 1.29 is 19.4 Å². The lowest BCUT2D eigenvalue weighted by atomic mass is 9.82. The molecule has 2 rings (SSSR count). The second-order valence-corrected chi connectivity index (χ2v) is 5.30. The minimum absolute atomic E-state index is 0.281. The largest absolute Gasteiger partial charge is 0.497 e. The first-order chi connectivity index (χ1) is 9.57. The first-order valence-corrected chi connectivity index (χ1v) is 6.74. The second-order valence-electron chi connectivity index (χ2n) is 5.30. The van der Waals surface area contributed by atoms with Crippen LogP contribution in [0.4, 0.5) is 5.69 Å². The molecule has 0 bridgehead atoms. The fraction of sp³-hybridized carbons (Fsp3) is 0.533. The summed E-state index contributed by atoms with van der Waals surface area (Å²) >= 11 is 0. The minimum Gasteiger partial charge on any atom is -0.497 e. The molecule has 1 fully saturated rings. The number of carboxylic acid groups (broad SMARTS) is 1. The van der Waals surface area contributed by atoms with E-state index in [0.717, 1.165) is 17.9 Å². The van der Waals surface area contributed by atoms with Crippen LogP contribution in [0.1, 0.15) is 12.8 Å². The highest BCUT2D eigenvalue weighted by Crippen LogP contribution is 2.31. The Morgan fingerprint density at radius 2 is 2.15 bits per heavy atom. The highest BCUT2D eigenvalue weighted by Gasteiger charge is 2.41. The van der Waals surface area contributed by atoms with Gasteiger partial charge in [0.05, 0.1) is 13.7 Å². The Morgan fingerprint density at radius 3 is 2.65 bits per heavy atom. The Bertz CT molecular complexity index is 451. The van der Waals surface area contributed by atoms with Gasteiger partial charge in [-0.1, -0.05) is 0 Å². The van der Waals surface area contributed by atoms with E-state index in [-0.39, 0.29) is 6.61 Å². The quantitative estimate of drug-likeness (QED) is 0.893. The molecular weight excluding hydrogens is 258 g/mol. The van der Waals surface area contributed by atoms with Gasteiger partial charge in [0, 0.05) is 25.9 Å². The summed E-state index contributed by atoms with van der Waals surface area (Å²) in [5.74, 6) is 0.00802. The van der Waals surface area contributed by atoms with Crippen molar-refractivity contribution in [2.45, 2.75) is 12.8 Å². The lowest BCUT2D eigenvalue weighted by Gasteiger charge is -2.36. The molecule has 1 N–H and O–H groups in total. The molecule has 0 aromatic heterocycles. The maximum Gasteiger partial charge on any atom is 0.313 e. The number of nitrogens with zero attached hydrogens (tertiary/aromatic N) is 1. The van der Waals surface area contributed by atoms with Crippen molar-refractivity contribution in [3.05, 3.63) is 24.3 Å². The molecule has 1 aliphatic heterocycles. The standard InChI is InChI=1S/C15H21NO4/c1-16(12-4-6-13(19-2)7-5-12)10-15(14(17)18)8-3-9-20-11-15/h4-7H,3,8-11H2,1-2H3,(H,17,18). The molecule has 0 radical (unpaired) electrons. The van der Waals surface area contributed by atoms with Crippen LogP contribution in [0, 0.1) is 5.41 Å². The first kappa shape index (κ1) is 14.7. The number of hydrogen-bond acceptors (Lipinski definition) is 4. The highest BCUT2D eigenvalue weighted by atomic mass is 16.5. The summed E-state index contributed by atoms with van der Waals surface area (Å²) in [7, 11) is 3.53. The van der Waals surface area contributed by atoms with Gasteiger partial charge in [-0.2, -0.15) is 0 Å². The van der Waals surface area contributed by atoms with Gasteiger partial charge in [0.15, 0.2) is 0 Å². The fourth-order valence-electron chi connectivity index (χ4n) is 2.60. The zero-order valence-corrected chi connectivity index (χ0v) is 12.0. The van der Waals surface area contributed by atoms with E-state index < -0.39 is 11.4 Å². The van der Waals surface area contributed by atoms with E-state index in [2.05, 4.69) is 0 Å². The van der Waals surface area contributed by atoms with E-state index in [9.17, 15) is 9.90 Å². The highest BCUT2D eigenvalue weighted by molar-refractivity contribution is 5.76. The van der Waals surface area contributed by atoms with E-state index in [1.54, 1.807) is 7.11 Å². The van der Waals surface area contributed by atoms with Gasteiger partial charge in [0.1, 0.15) is 11.2 Å². The van der Waals surface area contributed by atoms with Crippen LogP contribution in [0.15, 0.2) is 24.3 Å². The number of hydrogen-bond donors (Lipinski definition) is 1. The molecule has 1 heterocycles. The molecule has 1 aromatic rings. The third-order valence-corrected chi connectivity index (χ3v) is 3.83. The zero-order valence-electron chi connectivity index (χ0n) is 12.0. The fourth-order valence-corrected chi connectivity index (χ4v) is 2.60. The summed E-state index contributed by atoms with van der Waals surface area (Å²) in [6, 6.07) is 7.60. The molecule has 1 unspecified atom stereocenters. The smallest absolute Gasteiger partial charge is 0.313 e. The van der Waals surface area contributed by atoms with Crippen LogP contribution in [0.3, 0.4) is 0 Å². The lowest BCUT2D eigenvalue weighted by Crippen LogP contribution is -2.47. The van der Waals surface area contributed by atoms with Crippen molar-refractivity contribution in [1.82, 2.24) is 0 Å². The number of rotatable bonds is 5. The SMILES string of the molecule is COc1ccc(N(C)CC2(C(=O)O)CCCOC2)cc1. The van der Waals surface area contributed by atoms with Crippen molar-refractivity contribution in [2.24, 2.45) is 5.41 Å². The zero-order chi connectivity index (χ0) is 14.6. The molecule has 0 spiro atoms. The van der Waals surface area contributed by atoms with Crippen LogP contribution in [0.2, 0.25) is 0 Å². The number of aliphatic carboxylic acids is 1. The van der Waals surface area contributed by atoms with Crippen molar-refractivity contribution in [1.29, 1.82) is 0 Å². The molecule has 110 valence electrons. The molecule has 5 heteroatoms. The molecule has 1 saturated heterocycles. The molecule has 1 aromatic carbocycles. The second kappa shape index (κ2) is 6.13. The Hall–Kier alpha value is -1.75. The summed E-state index contributed by atoms with van der Waals surface area (Å²) in [5, 5.41) is 9.54. The summed E-state index contributed by atoms with van der Waals surface area (Å²) in [4.78, 5) is 13.6. The lowest BCUT2D eigenvalue weighted by molar-refractivity contribution is -0.156. The van der Waals surface area contributed by atoms with Gasteiger partial charge in [-0.3, -0.25) is 4.79 Å². The molecule has 1 atom stereocenters. The van der Waals surface area contributed by atoms with Crippen LogP contribution >= 0.6 is 0 Å². The minimum atomic E-state index is -0.813. The Morgan fingerprint density at radius 1 is 1.45 bits per heavy atom. The molecule has 1 aliphatic rings. The van der Waals surface area contributed by atoms with Gasteiger partial charge in [-0.15, -0.1) is 0 Å². The third-order valence-electron chi connectivity index (χ3n) is 3.83. The number of carboxylic acids is 1. The molecule has 0 amide bonds. The maximum atomic E-state index is 11.6. The van der Waals surface area contributed by atoms with E-state index in [0.29, 0.717) is 19.6 Å². The predicted molar refractivity (Wildman–Crippen MR) is 76.4 cm³/mol. The Balaban J connectivity index is 2.11. The average molecular weight is 279 g/mol. The van der Waals surface area contributed by atoms with Crippen molar-refractivity contribution >= 4 is 11.7 Å². The van der Waals surface area contributed by atoms with Crippen LogP contribution < -0.4 is 9.64 Å². The van der Waals surface area contributed by atoms with Gasteiger partial charge >= 0.3 is 5.97 Å². The molecule has 20 heavy (non-hydrogen) atoms. The van der Waals surface area contributed by atoms with Crippen LogP contribution in [0.25, 0.3) is 0 Å². The van der Waals surface area contributed by atoms with Gasteiger partial charge in [0.2, 0.25) is 0 Å². The van der Waals surface area contributed by atoms with Gasteiger partial charge < -0.3 is 19.5 Å². The molecular formula is C15H21NO4. The van der Waals surface area contributed by atoms with E-state index in [1.807, 2.05) is 36.2 Å². The molecule has 5 nitrogen and oxygen atoms in total. The summed E-state index contributed by atoms with van der Waals surface area (Å²) < 4.78 is 10.5. The van der Waals surface area contributed by atoms with Crippen LogP contribution in [-0.2, 0) is 9.53 Å². The van der Waals surface area contributed by atoms with E-state index in [1.165, 1.54) is 0 Å². The van der Waals surface area contributed by atoms with Crippen molar-refractivity contribution in [3.63, 3.8) is 0 Å². The number of methoxy groups -OCH3 is 1. The number of anilines is 1. The van der Waals surface area contributed by atoms with Crippen LogP contribution in [0.5, 0.6) is 5.75 Å². The van der Waals surface area contributed by atoms with Gasteiger partial charge in [0.25, 0.3) is 0 Å². The Labute approximate surface area is 119 Å². The molecule has 0 saturated carbocycles. The third kappa shape index (κ3) is 3.04. The monoisotopic (exact) mass is 279 g/mol. The number of carbonyl (C=O) groups is 1. The topological polar surface area (TPSA) is 59.0 Å². The summed E-state index contributed by atoms with van der Waals surface area (Å²) in [6.07, 6.45) is 1.45. The van der Waals surface area contributed by atoms with E-state index in [4.69, 9.17) is 9.47 Å². The Kier molecular flexibility index (Phi) is 4.49. The molecule has 0 aliphatic carbocycles. The van der Waals surface area contributed by atoms with Crippen molar-refractivity contribution in [2.75, 3.05) is 38.8 Å². The number of ether oxygens (including phenoxy) is 2. The van der Waals surface area contributed by atoms with Crippen LogP contribution in [-0.4, -0.2) is 45.0 Å². The normalized spacial score (nSPS) is 22.3. The number of benzene rings is 1. The summed E-state index contributed by atoms with van der Waals surface area (Å²) in [5.41, 5.74) is 0.157. The van der Waals surface area contributed by atoms with Gasteiger partial charge in [-0.25, -0.2) is 0 Å².